The van der Waals surface area contributed by atoms with Crippen LogP contribution in [0, 0.1) is 0 Å². The molecule has 21 heavy (non-hydrogen) atoms. The highest BCUT2D eigenvalue weighted by molar-refractivity contribution is 6.30. The Morgan fingerprint density at radius 3 is 2.81 bits per heavy atom. The Bertz CT molecular complexity index is 485. The van der Waals surface area contributed by atoms with Gasteiger partial charge in [-0.15, -0.1) is 0 Å². The van der Waals surface area contributed by atoms with Gasteiger partial charge in [0.15, 0.2) is 6.61 Å². The first-order valence-corrected chi connectivity index (χ1v) is 7.91. The number of amides is 1. The molecule has 1 atom stereocenters. The van der Waals surface area contributed by atoms with E-state index in [1.165, 1.54) is 19.3 Å². The fourth-order valence-electron chi connectivity index (χ4n) is 2.67. The van der Waals surface area contributed by atoms with Gasteiger partial charge >= 0.3 is 0 Å². The second-order valence-corrected chi connectivity index (χ2v) is 6.10. The van der Waals surface area contributed by atoms with Crippen molar-refractivity contribution in [2.45, 2.75) is 51.1 Å². The maximum Gasteiger partial charge on any atom is 0.258 e. The summed E-state index contributed by atoms with van der Waals surface area (Å²) in [6, 6.07) is 5.38. The molecule has 0 radical (unpaired) electrons. The standard InChI is InChI=1S/C16H23ClN2O2/c1-11(18)14-9-12(17)7-8-15(14)21-10-16(20)19-13-5-3-2-4-6-13/h7-9,11,13H,2-6,10,18H2,1H3,(H,19,20)/t11-/m0/s1. The van der Waals surface area contributed by atoms with Gasteiger partial charge in [0.1, 0.15) is 5.75 Å². The van der Waals surface area contributed by atoms with Crippen LogP contribution in [0.25, 0.3) is 0 Å². The van der Waals surface area contributed by atoms with E-state index >= 15 is 0 Å². The molecule has 1 saturated carbocycles. The predicted molar refractivity (Wildman–Crippen MR) is 84.6 cm³/mol. The van der Waals surface area contributed by atoms with Crippen LogP contribution in [0.1, 0.15) is 50.6 Å². The van der Waals surface area contributed by atoms with Crippen LogP contribution in [0.15, 0.2) is 18.2 Å². The fraction of sp³-hybridized carbons (Fsp3) is 0.562. The van der Waals surface area contributed by atoms with Crippen LogP contribution in [-0.4, -0.2) is 18.6 Å². The van der Waals surface area contributed by atoms with Crippen molar-refractivity contribution in [1.82, 2.24) is 5.32 Å². The smallest absolute Gasteiger partial charge is 0.258 e. The molecular weight excluding hydrogens is 288 g/mol. The van der Waals surface area contributed by atoms with E-state index in [1.807, 2.05) is 6.92 Å². The minimum atomic E-state index is -0.194. The van der Waals surface area contributed by atoms with Gasteiger partial charge in [0.25, 0.3) is 5.91 Å². The van der Waals surface area contributed by atoms with Gasteiger partial charge in [0, 0.05) is 22.7 Å². The van der Waals surface area contributed by atoms with Gasteiger partial charge in [-0.1, -0.05) is 30.9 Å². The second-order valence-electron chi connectivity index (χ2n) is 5.66. The number of carbonyl (C=O) groups excluding carboxylic acids is 1. The molecule has 0 saturated heterocycles. The first-order chi connectivity index (χ1) is 10.1. The second kappa shape index (κ2) is 7.66. The fourth-order valence-corrected chi connectivity index (χ4v) is 2.85. The zero-order valence-corrected chi connectivity index (χ0v) is 13.2. The molecule has 0 bridgehead atoms. The first kappa shape index (κ1) is 16.1. The van der Waals surface area contributed by atoms with Gasteiger partial charge in [-0.3, -0.25) is 4.79 Å². The van der Waals surface area contributed by atoms with Crippen molar-refractivity contribution in [1.29, 1.82) is 0 Å². The first-order valence-electron chi connectivity index (χ1n) is 7.53. The van der Waals surface area contributed by atoms with Crippen molar-refractivity contribution in [2.75, 3.05) is 6.61 Å². The molecule has 1 amide bonds. The molecule has 5 heteroatoms. The molecule has 0 unspecified atom stereocenters. The lowest BCUT2D eigenvalue weighted by Gasteiger charge is -2.23. The van der Waals surface area contributed by atoms with Gasteiger partial charge in [-0.2, -0.15) is 0 Å². The molecule has 3 N–H and O–H groups in total. The third kappa shape index (κ3) is 4.90. The number of hydrogen-bond acceptors (Lipinski definition) is 3. The Morgan fingerprint density at radius 1 is 1.43 bits per heavy atom. The zero-order valence-electron chi connectivity index (χ0n) is 12.4. The Hall–Kier alpha value is -1.26. The minimum Gasteiger partial charge on any atom is -0.483 e. The van der Waals surface area contributed by atoms with E-state index in [2.05, 4.69) is 5.32 Å². The summed E-state index contributed by atoms with van der Waals surface area (Å²) in [6.45, 7) is 1.87. The number of halogens is 1. The molecule has 2 rings (SSSR count). The van der Waals surface area contributed by atoms with Crippen molar-refractivity contribution >= 4 is 17.5 Å². The SMILES string of the molecule is C[C@H](N)c1cc(Cl)ccc1OCC(=O)NC1CCCCC1. The molecule has 1 fully saturated rings. The molecule has 116 valence electrons. The average molecular weight is 311 g/mol. The topological polar surface area (TPSA) is 64.3 Å². The third-order valence-electron chi connectivity index (χ3n) is 3.79. The number of carbonyl (C=O) groups is 1. The lowest BCUT2D eigenvalue weighted by Crippen LogP contribution is -2.39. The maximum atomic E-state index is 11.9. The van der Waals surface area contributed by atoms with Crippen LogP contribution in [0.4, 0.5) is 0 Å². The van der Waals surface area contributed by atoms with E-state index in [0.29, 0.717) is 16.8 Å². The molecule has 1 aliphatic rings. The van der Waals surface area contributed by atoms with Crippen molar-refractivity contribution in [3.05, 3.63) is 28.8 Å². The summed E-state index contributed by atoms with van der Waals surface area (Å²) in [4.78, 5) is 11.9. The van der Waals surface area contributed by atoms with Gasteiger partial charge < -0.3 is 15.8 Å². The van der Waals surface area contributed by atoms with Crippen molar-refractivity contribution in [3.63, 3.8) is 0 Å². The van der Waals surface area contributed by atoms with Crippen LogP contribution in [-0.2, 0) is 4.79 Å². The number of hydrogen-bond donors (Lipinski definition) is 2. The van der Waals surface area contributed by atoms with E-state index in [0.717, 1.165) is 18.4 Å². The Morgan fingerprint density at radius 2 is 2.14 bits per heavy atom. The summed E-state index contributed by atoms with van der Waals surface area (Å²) in [5.41, 5.74) is 6.71. The molecule has 0 spiro atoms. The van der Waals surface area contributed by atoms with Crippen molar-refractivity contribution in [2.24, 2.45) is 5.73 Å². The largest absolute Gasteiger partial charge is 0.483 e. The van der Waals surface area contributed by atoms with Crippen LogP contribution >= 0.6 is 11.6 Å². The summed E-state index contributed by atoms with van der Waals surface area (Å²) in [5.74, 6) is 0.542. The molecular formula is C16H23ClN2O2. The number of nitrogens with two attached hydrogens (primary N) is 1. The number of ether oxygens (including phenoxy) is 1. The average Bonchev–Trinajstić information content (AvgIpc) is 2.47. The normalized spacial score (nSPS) is 17.3. The highest BCUT2D eigenvalue weighted by Crippen LogP contribution is 2.27. The van der Waals surface area contributed by atoms with E-state index in [1.54, 1.807) is 18.2 Å². The Labute approximate surface area is 131 Å². The van der Waals surface area contributed by atoms with E-state index < -0.39 is 0 Å². The maximum absolute atomic E-state index is 11.9. The van der Waals surface area contributed by atoms with Crippen LogP contribution in [0.2, 0.25) is 5.02 Å². The number of nitrogens with one attached hydrogen (secondary N) is 1. The van der Waals surface area contributed by atoms with E-state index in [-0.39, 0.29) is 18.6 Å². The molecule has 0 aromatic heterocycles. The zero-order chi connectivity index (χ0) is 15.2. The molecule has 1 aromatic rings. The van der Waals surface area contributed by atoms with Crippen LogP contribution < -0.4 is 15.8 Å². The molecule has 1 aromatic carbocycles. The van der Waals surface area contributed by atoms with Gasteiger partial charge in [-0.25, -0.2) is 0 Å². The number of benzene rings is 1. The van der Waals surface area contributed by atoms with Crippen molar-refractivity contribution < 1.29 is 9.53 Å². The van der Waals surface area contributed by atoms with Crippen molar-refractivity contribution in [3.8, 4) is 5.75 Å². The van der Waals surface area contributed by atoms with Gasteiger partial charge in [-0.05, 0) is 38.0 Å². The van der Waals surface area contributed by atoms with Crippen LogP contribution in [0.5, 0.6) is 5.75 Å². The summed E-state index contributed by atoms with van der Waals surface area (Å²) < 4.78 is 5.61. The summed E-state index contributed by atoms with van der Waals surface area (Å²) in [7, 11) is 0. The van der Waals surface area contributed by atoms with Crippen LogP contribution in [0.3, 0.4) is 0 Å². The van der Waals surface area contributed by atoms with Gasteiger partial charge in [0.05, 0.1) is 0 Å². The lowest BCUT2D eigenvalue weighted by molar-refractivity contribution is -0.124. The highest BCUT2D eigenvalue weighted by Gasteiger charge is 2.16. The third-order valence-corrected chi connectivity index (χ3v) is 4.03. The quantitative estimate of drug-likeness (QED) is 0.878. The Kier molecular flexibility index (Phi) is 5.88. The monoisotopic (exact) mass is 310 g/mol. The molecule has 0 heterocycles. The van der Waals surface area contributed by atoms with Gasteiger partial charge in [0.2, 0.25) is 0 Å². The van der Waals surface area contributed by atoms with E-state index in [4.69, 9.17) is 22.1 Å². The summed E-state index contributed by atoms with van der Waals surface area (Å²) >= 11 is 5.96. The number of rotatable bonds is 5. The Balaban J connectivity index is 1.88. The van der Waals surface area contributed by atoms with E-state index in [9.17, 15) is 4.79 Å². The summed E-state index contributed by atoms with van der Waals surface area (Å²) in [5, 5.41) is 3.64. The lowest BCUT2D eigenvalue weighted by atomic mass is 9.95. The molecule has 1 aliphatic carbocycles. The molecule has 0 aliphatic heterocycles. The minimum absolute atomic E-state index is 0.0118. The molecule has 4 nitrogen and oxygen atoms in total. The highest BCUT2D eigenvalue weighted by atomic mass is 35.5. The predicted octanol–water partition coefficient (Wildman–Crippen LogP) is 3.19. The summed E-state index contributed by atoms with van der Waals surface area (Å²) in [6.07, 6.45) is 5.79.